The molecule has 0 aliphatic rings. The van der Waals surface area contributed by atoms with Crippen LogP contribution in [0.5, 0.6) is 0 Å². The Balaban J connectivity index is 1.67. The van der Waals surface area contributed by atoms with Crippen LogP contribution in [-0.4, -0.2) is 22.6 Å². The van der Waals surface area contributed by atoms with Gasteiger partial charge in [-0.25, -0.2) is 4.98 Å². The molecule has 2 rings (SSSR count). The third-order valence-electron chi connectivity index (χ3n) is 2.51. The van der Waals surface area contributed by atoms with Crippen molar-refractivity contribution in [3.8, 4) is 0 Å². The molecule has 2 heterocycles. The van der Waals surface area contributed by atoms with Crippen LogP contribution in [0.3, 0.4) is 0 Å². The molecular weight excluding hydrogens is 216 g/mol. The molecule has 0 radical (unpaired) electrons. The van der Waals surface area contributed by atoms with Crippen molar-refractivity contribution >= 4 is 0 Å². The molecule has 17 heavy (non-hydrogen) atoms. The Morgan fingerprint density at radius 2 is 2.41 bits per heavy atom. The molecule has 0 bridgehead atoms. The van der Waals surface area contributed by atoms with E-state index < -0.39 is 0 Å². The van der Waals surface area contributed by atoms with Gasteiger partial charge in [0.05, 0.1) is 18.3 Å². The summed E-state index contributed by atoms with van der Waals surface area (Å²) in [5.74, 6) is 1.01. The fourth-order valence-electron chi connectivity index (χ4n) is 1.65. The average Bonchev–Trinajstić information content (AvgIpc) is 2.96. The number of nitrogens with two attached hydrogens (primary N) is 1. The zero-order valence-corrected chi connectivity index (χ0v) is 9.80. The predicted molar refractivity (Wildman–Crippen MR) is 65.4 cm³/mol. The van der Waals surface area contributed by atoms with E-state index in [4.69, 9.17) is 10.2 Å². The standard InChI is InChI=1S/C12H18N4O/c13-4-6-16-9-11(15-10-16)8-14-5-3-12-2-1-7-17-12/h1-2,7,9-10,14H,3-6,8,13H2. The lowest BCUT2D eigenvalue weighted by atomic mass is 10.3. The van der Waals surface area contributed by atoms with Crippen LogP contribution in [-0.2, 0) is 19.5 Å². The lowest BCUT2D eigenvalue weighted by Gasteiger charge is -2.00. The summed E-state index contributed by atoms with van der Waals surface area (Å²) in [6.07, 6.45) is 6.43. The normalized spacial score (nSPS) is 10.9. The summed E-state index contributed by atoms with van der Waals surface area (Å²) in [6, 6.07) is 3.89. The summed E-state index contributed by atoms with van der Waals surface area (Å²) < 4.78 is 7.25. The van der Waals surface area contributed by atoms with Gasteiger partial charge < -0.3 is 20.0 Å². The first-order valence-electron chi connectivity index (χ1n) is 5.82. The van der Waals surface area contributed by atoms with E-state index in [1.54, 1.807) is 6.26 Å². The zero-order valence-electron chi connectivity index (χ0n) is 9.80. The molecule has 0 saturated carbocycles. The number of rotatable bonds is 7. The number of furan rings is 1. The first-order valence-corrected chi connectivity index (χ1v) is 5.82. The number of imidazole rings is 1. The quantitative estimate of drug-likeness (QED) is 0.694. The Labute approximate surface area is 101 Å². The third kappa shape index (κ3) is 3.72. The van der Waals surface area contributed by atoms with Gasteiger partial charge in [-0.3, -0.25) is 0 Å². The SMILES string of the molecule is NCCn1cnc(CNCCc2ccco2)c1. The van der Waals surface area contributed by atoms with Gasteiger partial charge in [0.2, 0.25) is 0 Å². The molecule has 0 atom stereocenters. The smallest absolute Gasteiger partial charge is 0.105 e. The fraction of sp³-hybridized carbons (Fsp3) is 0.417. The minimum Gasteiger partial charge on any atom is -0.469 e. The van der Waals surface area contributed by atoms with Gasteiger partial charge in [-0.2, -0.15) is 0 Å². The van der Waals surface area contributed by atoms with E-state index in [9.17, 15) is 0 Å². The molecule has 0 aliphatic carbocycles. The maximum Gasteiger partial charge on any atom is 0.105 e. The molecule has 92 valence electrons. The van der Waals surface area contributed by atoms with Gasteiger partial charge in [-0.15, -0.1) is 0 Å². The summed E-state index contributed by atoms with van der Waals surface area (Å²) in [5.41, 5.74) is 6.51. The van der Waals surface area contributed by atoms with E-state index >= 15 is 0 Å². The molecular formula is C12H18N4O. The van der Waals surface area contributed by atoms with Crippen LogP contribution in [0.1, 0.15) is 11.5 Å². The molecule has 3 N–H and O–H groups in total. The Kier molecular flexibility index (Phi) is 4.35. The molecule has 0 fully saturated rings. The number of hydrogen-bond acceptors (Lipinski definition) is 4. The van der Waals surface area contributed by atoms with Crippen molar-refractivity contribution in [2.75, 3.05) is 13.1 Å². The topological polar surface area (TPSA) is 69.0 Å². The highest BCUT2D eigenvalue weighted by Crippen LogP contribution is 2.00. The predicted octanol–water partition coefficient (Wildman–Crippen LogP) is 0.767. The molecule has 0 spiro atoms. The second-order valence-electron chi connectivity index (χ2n) is 3.90. The fourth-order valence-corrected chi connectivity index (χ4v) is 1.65. The van der Waals surface area contributed by atoms with E-state index in [0.29, 0.717) is 6.54 Å². The van der Waals surface area contributed by atoms with Gasteiger partial charge in [-0.05, 0) is 12.1 Å². The van der Waals surface area contributed by atoms with Crippen LogP contribution in [0.2, 0.25) is 0 Å². The van der Waals surface area contributed by atoms with Crippen LogP contribution >= 0.6 is 0 Å². The van der Waals surface area contributed by atoms with E-state index in [2.05, 4.69) is 10.3 Å². The minimum absolute atomic E-state index is 0.641. The Morgan fingerprint density at radius 1 is 1.47 bits per heavy atom. The molecule has 0 amide bonds. The first-order chi connectivity index (χ1) is 8.38. The van der Waals surface area contributed by atoms with E-state index in [-0.39, 0.29) is 0 Å². The molecule has 2 aromatic heterocycles. The lowest BCUT2D eigenvalue weighted by Crippen LogP contribution is -2.16. The summed E-state index contributed by atoms with van der Waals surface area (Å²) >= 11 is 0. The van der Waals surface area contributed by atoms with Crippen molar-refractivity contribution in [2.45, 2.75) is 19.5 Å². The van der Waals surface area contributed by atoms with Gasteiger partial charge in [0.25, 0.3) is 0 Å². The molecule has 5 heteroatoms. The largest absolute Gasteiger partial charge is 0.469 e. The van der Waals surface area contributed by atoms with Crippen LogP contribution in [0.15, 0.2) is 35.3 Å². The summed E-state index contributed by atoms with van der Waals surface area (Å²) in [5, 5.41) is 3.33. The van der Waals surface area contributed by atoms with Crippen molar-refractivity contribution < 1.29 is 4.42 Å². The second-order valence-corrected chi connectivity index (χ2v) is 3.90. The maximum absolute atomic E-state index is 5.47. The van der Waals surface area contributed by atoms with Crippen molar-refractivity contribution in [3.05, 3.63) is 42.4 Å². The third-order valence-corrected chi connectivity index (χ3v) is 2.51. The highest BCUT2D eigenvalue weighted by Gasteiger charge is 1.99. The van der Waals surface area contributed by atoms with Gasteiger partial charge in [-0.1, -0.05) is 0 Å². The molecule has 0 aromatic carbocycles. The Morgan fingerprint density at radius 3 is 3.18 bits per heavy atom. The molecule has 0 saturated heterocycles. The summed E-state index contributed by atoms with van der Waals surface area (Å²) in [4.78, 5) is 4.29. The van der Waals surface area contributed by atoms with Crippen LogP contribution in [0, 0.1) is 0 Å². The van der Waals surface area contributed by atoms with Crippen LogP contribution in [0.25, 0.3) is 0 Å². The lowest BCUT2D eigenvalue weighted by molar-refractivity contribution is 0.498. The molecule has 2 aromatic rings. The highest BCUT2D eigenvalue weighted by atomic mass is 16.3. The minimum atomic E-state index is 0.641. The van der Waals surface area contributed by atoms with Gasteiger partial charge >= 0.3 is 0 Å². The Bertz CT molecular complexity index is 421. The van der Waals surface area contributed by atoms with Crippen molar-refractivity contribution in [1.82, 2.24) is 14.9 Å². The van der Waals surface area contributed by atoms with E-state index in [1.165, 1.54) is 0 Å². The number of hydrogen-bond donors (Lipinski definition) is 2. The van der Waals surface area contributed by atoms with Crippen molar-refractivity contribution in [3.63, 3.8) is 0 Å². The molecule has 0 aliphatic heterocycles. The monoisotopic (exact) mass is 234 g/mol. The van der Waals surface area contributed by atoms with Gasteiger partial charge in [0, 0.05) is 38.8 Å². The van der Waals surface area contributed by atoms with Crippen LogP contribution < -0.4 is 11.1 Å². The number of aromatic nitrogens is 2. The number of nitrogens with one attached hydrogen (secondary N) is 1. The van der Waals surface area contributed by atoms with Crippen molar-refractivity contribution in [1.29, 1.82) is 0 Å². The molecule has 0 unspecified atom stereocenters. The van der Waals surface area contributed by atoms with Gasteiger partial charge in [0.1, 0.15) is 5.76 Å². The summed E-state index contributed by atoms with van der Waals surface area (Å²) in [6.45, 7) is 3.12. The molecule has 5 nitrogen and oxygen atoms in total. The van der Waals surface area contributed by atoms with E-state index in [0.717, 1.165) is 37.5 Å². The van der Waals surface area contributed by atoms with Crippen LogP contribution in [0.4, 0.5) is 0 Å². The van der Waals surface area contributed by atoms with E-state index in [1.807, 2.05) is 29.2 Å². The Hall–Kier alpha value is -1.59. The first kappa shape index (κ1) is 11.9. The van der Waals surface area contributed by atoms with Crippen molar-refractivity contribution in [2.24, 2.45) is 5.73 Å². The zero-order chi connectivity index (χ0) is 11.9. The maximum atomic E-state index is 5.47. The number of nitrogens with zero attached hydrogens (tertiary/aromatic N) is 2. The highest BCUT2D eigenvalue weighted by molar-refractivity contribution is 4.99. The second kappa shape index (κ2) is 6.22. The van der Waals surface area contributed by atoms with Gasteiger partial charge in [0.15, 0.2) is 0 Å². The summed E-state index contributed by atoms with van der Waals surface area (Å²) in [7, 11) is 0. The average molecular weight is 234 g/mol.